The predicted molar refractivity (Wildman–Crippen MR) is 92.9 cm³/mol. The van der Waals surface area contributed by atoms with E-state index in [2.05, 4.69) is 0 Å². The molecule has 0 N–H and O–H groups in total. The van der Waals surface area contributed by atoms with Crippen molar-refractivity contribution in [2.75, 3.05) is 27.4 Å². The highest BCUT2D eigenvalue weighted by Crippen LogP contribution is 2.39. The number of carbonyl (C=O) groups excluding carboxylic acids is 2. The molecule has 1 fully saturated rings. The van der Waals surface area contributed by atoms with Crippen molar-refractivity contribution < 1.29 is 23.8 Å². The average molecular weight is 363 g/mol. The summed E-state index contributed by atoms with van der Waals surface area (Å²) in [5.41, 5.74) is 0.844. The highest BCUT2D eigenvalue weighted by atomic mass is 32.1. The molecule has 2 aliphatic rings. The van der Waals surface area contributed by atoms with Gasteiger partial charge in [-0.05, 0) is 24.3 Å². The molecule has 3 heterocycles. The molecule has 0 amide bonds. The maximum absolute atomic E-state index is 12.4. The van der Waals surface area contributed by atoms with Gasteiger partial charge in [-0.1, -0.05) is 6.07 Å². The summed E-state index contributed by atoms with van der Waals surface area (Å²) in [6.45, 7) is 1.33. The maximum atomic E-state index is 12.4. The van der Waals surface area contributed by atoms with Gasteiger partial charge in [0.1, 0.15) is 0 Å². The largest absolute Gasteiger partial charge is 0.466 e. The summed E-state index contributed by atoms with van der Waals surface area (Å²) in [6.07, 6.45) is 5.59. The van der Waals surface area contributed by atoms with E-state index in [1.54, 1.807) is 12.4 Å². The third-order valence-electron chi connectivity index (χ3n) is 4.34. The van der Waals surface area contributed by atoms with Gasteiger partial charge in [-0.25, -0.2) is 9.59 Å². The van der Waals surface area contributed by atoms with Crippen molar-refractivity contribution in [1.82, 2.24) is 4.90 Å². The van der Waals surface area contributed by atoms with Crippen LogP contribution in [0, 0.1) is 0 Å². The highest BCUT2D eigenvalue weighted by molar-refractivity contribution is 7.10. The fourth-order valence-electron chi connectivity index (χ4n) is 3.18. The number of hydrogen-bond donors (Lipinski definition) is 0. The summed E-state index contributed by atoms with van der Waals surface area (Å²) in [4.78, 5) is 27.5. The summed E-state index contributed by atoms with van der Waals surface area (Å²) >= 11 is 1.49. The summed E-state index contributed by atoms with van der Waals surface area (Å²) in [7, 11) is 2.68. The van der Waals surface area contributed by atoms with Gasteiger partial charge in [-0.2, -0.15) is 0 Å². The summed E-state index contributed by atoms with van der Waals surface area (Å²) in [5, 5.41) is 1.91. The smallest absolute Gasteiger partial charge is 0.336 e. The van der Waals surface area contributed by atoms with E-state index in [9.17, 15) is 9.59 Å². The molecule has 1 aromatic heterocycles. The second kappa shape index (κ2) is 7.84. The number of nitrogens with zero attached hydrogens (tertiary/aromatic N) is 1. The van der Waals surface area contributed by atoms with Crippen molar-refractivity contribution in [2.45, 2.75) is 24.9 Å². The minimum absolute atomic E-state index is 0.0866. The molecule has 0 saturated carbocycles. The fraction of sp³-hybridized carbons (Fsp3) is 0.444. The Balaban J connectivity index is 1.98. The van der Waals surface area contributed by atoms with Crippen molar-refractivity contribution in [3.63, 3.8) is 0 Å². The van der Waals surface area contributed by atoms with Crippen LogP contribution in [0.3, 0.4) is 0 Å². The summed E-state index contributed by atoms with van der Waals surface area (Å²) in [6, 6.07) is 3.79. The number of rotatable bonds is 5. The number of esters is 2. The lowest BCUT2D eigenvalue weighted by atomic mass is 9.88. The maximum Gasteiger partial charge on any atom is 0.336 e. The van der Waals surface area contributed by atoms with E-state index in [-0.39, 0.29) is 6.10 Å². The first-order valence-corrected chi connectivity index (χ1v) is 9.02. The molecule has 3 rings (SSSR count). The number of methoxy groups -OCH3 is 2. The highest BCUT2D eigenvalue weighted by Gasteiger charge is 2.36. The van der Waals surface area contributed by atoms with Gasteiger partial charge in [0.25, 0.3) is 0 Å². The van der Waals surface area contributed by atoms with E-state index in [0.29, 0.717) is 17.7 Å². The Bertz CT molecular complexity index is 654. The van der Waals surface area contributed by atoms with Crippen LogP contribution in [0.1, 0.15) is 23.6 Å². The quantitative estimate of drug-likeness (QED) is 0.749. The Morgan fingerprint density at radius 3 is 2.40 bits per heavy atom. The third kappa shape index (κ3) is 3.77. The fourth-order valence-corrected chi connectivity index (χ4v) is 4.04. The van der Waals surface area contributed by atoms with Gasteiger partial charge in [0, 0.05) is 30.4 Å². The van der Waals surface area contributed by atoms with Gasteiger partial charge >= 0.3 is 11.9 Å². The van der Waals surface area contributed by atoms with E-state index in [0.717, 1.165) is 24.3 Å². The number of hydrogen-bond acceptors (Lipinski definition) is 7. The minimum atomic E-state index is -0.486. The molecular weight excluding hydrogens is 342 g/mol. The van der Waals surface area contributed by atoms with Gasteiger partial charge in [-0.15, -0.1) is 11.3 Å². The van der Waals surface area contributed by atoms with Crippen molar-refractivity contribution >= 4 is 23.3 Å². The molecule has 25 heavy (non-hydrogen) atoms. The zero-order valence-corrected chi connectivity index (χ0v) is 15.1. The lowest BCUT2D eigenvalue weighted by molar-refractivity contribution is -0.137. The molecule has 0 radical (unpaired) electrons. The standard InChI is InChI=1S/C18H21NO5S/c1-22-17(20)13-10-19(9-12-5-3-7-24-12)11-14(18(21)23-2)16(13)15-6-4-8-25-15/h4,6,8,10-12,16H,3,5,7,9H2,1-2H3/t12-/m1/s1. The van der Waals surface area contributed by atoms with Crippen molar-refractivity contribution in [3.05, 3.63) is 45.9 Å². The first-order valence-electron chi connectivity index (χ1n) is 8.15. The normalized spacial score (nSPS) is 20.9. The predicted octanol–water partition coefficient (Wildman–Crippen LogP) is 2.44. The molecule has 0 unspecified atom stereocenters. The lowest BCUT2D eigenvalue weighted by Crippen LogP contribution is -2.32. The molecule has 1 atom stereocenters. The van der Waals surface area contributed by atoms with Crippen LogP contribution in [0.15, 0.2) is 41.1 Å². The van der Waals surface area contributed by atoms with Crippen LogP contribution in [0.4, 0.5) is 0 Å². The van der Waals surface area contributed by atoms with Crippen LogP contribution in [-0.2, 0) is 23.8 Å². The van der Waals surface area contributed by atoms with Crippen LogP contribution in [0.5, 0.6) is 0 Å². The molecule has 1 saturated heterocycles. The molecule has 0 spiro atoms. The molecule has 0 aromatic carbocycles. The lowest BCUT2D eigenvalue weighted by Gasteiger charge is -2.30. The summed E-state index contributed by atoms with van der Waals surface area (Å²) in [5.74, 6) is -1.39. The second-order valence-corrected chi connectivity index (χ2v) is 6.91. The van der Waals surface area contributed by atoms with Crippen LogP contribution in [0.25, 0.3) is 0 Å². The Hall–Kier alpha value is -2.12. The van der Waals surface area contributed by atoms with Crippen molar-refractivity contribution in [3.8, 4) is 0 Å². The van der Waals surface area contributed by atoms with E-state index in [4.69, 9.17) is 14.2 Å². The first-order chi connectivity index (χ1) is 12.1. The van der Waals surface area contributed by atoms with Gasteiger partial charge in [0.2, 0.25) is 0 Å². The number of carbonyl (C=O) groups is 2. The monoisotopic (exact) mass is 363 g/mol. The first kappa shape index (κ1) is 17.7. The average Bonchev–Trinajstić information content (AvgIpc) is 3.33. The Morgan fingerprint density at radius 2 is 1.92 bits per heavy atom. The Kier molecular flexibility index (Phi) is 5.55. The molecule has 0 bridgehead atoms. The van der Waals surface area contributed by atoms with Gasteiger partial charge in [-0.3, -0.25) is 0 Å². The topological polar surface area (TPSA) is 65.1 Å². The Morgan fingerprint density at radius 1 is 1.24 bits per heavy atom. The van der Waals surface area contributed by atoms with Gasteiger partial charge in [0.15, 0.2) is 0 Å². The van der Waals surface area contributed by atoms with Crippen LogP contribution >= 0.6 is 11.3 Å². The molecule has 6 nitrogen and oxygen atoms in total. The third-order valence-corrected chi connectivity index (χ3v) is 5.28. The van der Waals surface area contributed by atoms with E-state index < -0.39 is 17.9 Å². The van der Waals surface area contributed by atoms with Gasteiger partial charge in [0.05, 0.1) is 37.4 Å². The van der Waals surface area contributed by atoms with E-state index in [1.807, 2.05) is 22.4 Å². The van der Waals surface area contributed by atoms with Crippen LogP contribution < -0.4 is 0 Å². The van der Waals surface area contributed by atoms with E-state index >= 15 is 0 Å². The Labute approximate surface area is 150 Å². The van der Waals surface area contributed by atoms with Crippen LogP contribution in [-0.4, -0.2) is 50.3 Å². The molecule has 1 aromatic rings. The van der Waals surface area contributed by atoms with Crippen molar-refractivity contribution in [2.24, 2.45) is 0 Å². The molecular formula is C18H21NO5S. The summed E-state index contributed by atoms with van der Waals surface area (Å²) < 4.78 is 15.6. The molecule has 134 valence electrons. The van der Waals surface area contributed by atoms with Crippen molar-refractivity contribution in [1.29, 1.82) is 0 Å². The minimum Gasteiger partial charge on any atom is -0.466 e. The van der Waals surface area contributed by atoms with Gasteiger partial charge < -0.3 is 19.1 Å². The van der Waals surface area contributed by atoms with Crippen LogP contribution in [0.2, 0.25) is 0 Å². The molecule has 0 aliphatic carbocycles. The molecule has 2 aliphatic heterocycles. The SMILES string of the molecule is COC(=O)C1=CN(C[C@H]2CCCO2)C=C(C(=O)OC)C1c1cccs1. The van der Waals surface area contributed by atoms with E-state index in [1.165, 1.54) is 25.6 Å². The number of thiophene rings is 1. The second-order valence-electron chi connectivity index (χ2n) is 5.93. The zero-order valence-electron chi connectivity index (χ0n) is 14.3. The molecule has 7 heteroatoms. The zero-order chi connectivity index (χ0) is 17.8. The number of ether oxygens (including phenoxy) is 3.